The van der Waals surface area contributed by atoms with Gasteiger partial charge in [-0.2, -0.15) is 22.0 Å². The molecule has 0 aliphatic heterocycles. The summed E-state index contributed by atoms with van der Waals surface area (Å²) in [6.45, 7) is 1.53. The Kier molecular flexibility index (Phi) is 4.43. The number of halogens is 6. The molecular formula is C16H12ClF5O. The molecule has 2 aromatic rings. The highest BCUT2D eigenvalue weighted by Gasteiger charge is 2.71. The maximum Gasteiger partial charge on any atom is 0.457 e. The average Bonchev–Trinajstić information content (AvgIpc) is 2.45. The van der Waals surface area contributed by atoms with E-state index in [4.69, 9.17) is 11.6 Å². The van der Waals surface area contributed by atoms with Gasteiger partial charge in [0.15, 0.2) is 5.60 Å². The summed E-state index contributed by atoms with van der Waals surface area (Å²) in [6.07, 6.45) is -5.94. The third-order valence-electron chi connectivity index (χ3n) is 3.51. The predicted molar refractivity (Wildman–Crippen MR) is 76.6 cm³/mol. The maximum atomic E-state index is 14.2. The zero-order valence-electron chi connectivity index (χ0n) is 11.8. The molecule has 1 atom stereocenters. The molecule has 0 fully saturated rings. The molecule has 0 aromatic heterocycles. The normalized spacial score (nSPS) is 15.3. The lowest BCUT2D eigenvalue weighted by Gasteiger charge is -2.37. The van der Waals surface area contributed by atoms with E-state index in [0.717, 1.165) is 36.4 Å². The second kappa shape index (κ2) is 5.76. The summed E-state index contributed by atoms with van der Waals surface area (Å²) in [5.74, 6) is -5.40. The van der Waals surface area contributed by atoms with Crippen molar-refractivity contribution in [2.45, 2.75) is 24.6 Å². The topological polar surface area (TPSA) is 20.2 Å². The molecule has 1 N–H and O–H groups in total. The number of alkyl halides is 5. The van der Waals surface area contributed by atoms with Crippen molar-refractivity contribution in [2.75, 3.05) is 0 Å². The van der Waals surface area contributed by atoms with E-state index in [-0.39, 0.29) is 5.02 Å². The first-order valence-corrected chi connectivity index (χ1v) is 6.88. The Hall–Kier alpha value is -1.66. The second-order valence-electron chi connectivity index (χ2n) is 5.16. The number of rotatable bonds is 3. The van der Waals surface area contributed by atoms with Gasteiger partial charge in [0.05, 0.1) is 0 Å². The first-order chi connectivity index (χ1) is 10.5. The molecule has 0 spiro atoms. The van der Waals surface area contributed by atoms with Gasteiger partial charge in [-0.15, -0.1) is 0 Å². The van der Waals surface area contributed by atoms with Crippen LogP contribution in [0.25, 0.3) is 0 Å². The van der Waals surface area contributed by atoms with Gasteiger partial charge in [-0.3, -0.25) is 0 Å². The lowest BCUT2D eigenvalue weighted by Crippen LogP contribution is -2.55. The van der Waals surface area contributed by atoms with Gasteiger partial charge in [-0.25, -0.2) is 0 Å². The van der Waals surface area contributed by atoms with Gasteiger partial charge < -0.3 is 5.11 Å². The second-order valence-corrected chi connectivity index (χ2v) is 5.60. The van der Waals surface area contributed by atoms with Crippen molar-refractivity contribution < 1.29 is 27.1 Å². The van der Waals surface area contributed by atoms with E-state index in [9.17, 15) is 27.1 Å². The molecule has 0 radical (unpaired) electrons. The van der Waals surface area contributed by atoms with Crippen LogP contribution in [0.5, 0.6) is 0 Å². The number of aryl methyl sites for hydroxylation is 1. The van der Waals surface area contributed by atoms with Crippen molar-refractivity contribution in [1.82, 2.24) is 0 Å². The third-order valence-corrected chi connectivity index (χ3v) is 3.76. The molecule has 0 saturated heterocycles. The highest BCUT2D eigenvalue weighted by molar-refractivity contribution is 6.30. The van der Waals surface area contributed by atoms with Gasteiger partial charge in [-0.1, -0.05) is 53.6 Å². The molecule has 124 valence electrons. The predicted octanol–water partition coefficient (Wildman–Crippen LogP) is 5.08. The van der Waals surface area contributed by atoms with Gasteiger partial charge >= 0.3 is 12.1 Å². The first-order valence-electron chi connectivity index (χ1n) is 6.50. The van der Waals surface area contributed by atoms with Crippen LogP contribution in [0, 0.1) is 6.92 Å². The molecule has 0 saturated carbocycles. The van der Waals surface area contributed by atoms with Crippen LogP contribution in [0.3, 0.4) is 0 Å². The highest BCUT2D eigenvalue weighted by Crippen LogP contribution is 2.51. The minimum Gasteiger partial charge on any atom is -0.374 e. The lowest BCUT2D eigenvalue weighted by atomic mass is 9.80. The van der Waals surface area contributed by atoms with Crippen LogP contribution >= 0.6 is 11.6 Å². The van der Waals surface area contributed by atoms with E-state index in [0.29, 0.717) is 5.56 Å². The molecule has 2 aromatic carbocycles. The Morgan fingerprint density at radius 2 is 1.43 bits per heavy atom. The third kappa shape index (κ3) is 2.93. The van der Waals surface area contributed by atoms with E-state index in [2.05, 4.69) is 0 Å². The maximum absolute atomic E-state index is 14.2. The summed E-state index contributed by atoms with van der Waals surface area (Å²) in [4.78, 5) is 0. The Morgan fingerprint density at radius 1 is 0.870 bits per heavy atom. The van der Waals surface area contributed by atoms with Gasteiger partial charge in [0.25, 0.3) is 0 Å². The van der Waals surface area contributed by atoms with E-state index >= 15 is 0 Å². The molecular weight excluding hydrogens is 339 g/mol. The van der Waals surface area contributed by atoms with Crippen LogP contribution in [0.2, 0.25) is 5.02 Å². The fourth-order valence-corrected chi connectivity index (χ4v) is 2.42. The van der Waals surface area contributed by atoms with E-state index < -0.39 is 28.8 Å². The molecule has 2 rings (SSSR count). The molecule has 0 heterocycles. The monoisotopic (exact) mass is 350 g/mol. The van der Waals surface area contributed by atoms with Gasteiger partial charge in [0, 0.05) is 5.02 Å². The number of hydrogen-bond acceptors (Lipinski definition) is 1. The summed E-state index contributed by atoms with van der Waals surface area (Å²) < 4.78 is 67.2. The summed E-state index contributed by atoms with van der Waals surface area (Å²) in [7, 11) is 0. The molecule has 7 heteroatoms. The van der Waals surface area contributed by atoms with Crippen LogP contribution in [0.15, 0.2) is 48.5 Å². The van der Waals surface area contributed by atoms with Crippen LogP contribution in [0.4, 0.5) is 22.0 Å². The minimum absolute atomic E-state index is 0.149. The zero-order chi connectivity index (χ0) is 17.5. The van der Waals surface area contributed by atoms with Crippen LogP contribution in [0.1, 0.15) is 16.7 Å². The average molecular weight is 351 g/mol. The van der Waals surface area contributed by atoms with E-state index in [1.807, 2.05) is 0 Å². The summed E-state index contributed by atoms with van der Waals surface area (Å²) in [6, 6.07) is 9.13. The lowest BCUT2D eigenvalue weighted by molar-refractivity contribution is -0.336. The van der Waals surface area contributed by atoms with E-state index in [1.54, 1.807) is 0 Å². The highest BCUT2D eigenvalue weighted by atomic mass is 35.5. The van der Waals surface area contributed by atoms with Crippen molar-refractivity contribution in [3.05, 3.63) is 70.2 Å². The molecule has 0 aliphatic carbocycles. The standard InChI is InChI=1S/C16H12ClF5O/c1-10-3-2-4-12(9-10)14(23,15(18,19)16(20,21)22)11-5-7-13(17)8-6-11/h2-9,23H,1H3. The number of hydrogen-bond donors (Lipinski definition) is 1. The summed E-state index contributed by atoms with van der Waals surface area (Å²) >= 11 is 5.65. The van der Waals surface area contributed by atoms with E-state index in [1.165, 1.54) is 19.1 Å². The molecule has 0 amide bonds. The number of benzene rings is 2. The van der Waals surface area contributed by atoms with Crippen LogP contribution in [-0.4, -0.2) is 17.2 Å². The van der Waals surface area contributed by atoms with Gasteiger partial charge in [-0.05, 0) is 30.2 Å². The molecule has 23 heavy (non-hydrogen) atoms. The van der Waals surface area contributed by atoms with Crippen molar-refractivity contribution in [2.24, 2.45) is 0 Å². The van der Waals surface area contributed by atoms with Crippen LogP contribution in [-0.2, 0) is 5.60 Å². The minimum atomic E-state index is -5.94. The van der Waals surface area contributed by atoms with Gasteiger partial charge in [0.2, 0.25) is 0 Å². The number of aliphatic hydroxyl groups is 1. The summed E-state index contributed by atoms with van der Waals surface area (Å²) in [5.41, 5.74) is -4.29. The quantitative estimate of drug-likeness (QED) is 0.765. The molecule has 1 unspecified atom stereocenters. The first kappa shape index (κ1) is 17.7. The zero-order valence-corrected chi connectivity index (χ0v) is 12.6. The molecule has 0 aliphatic rings. The largest absolute Gasteiger partial charge is 0.457 e. The Labute approximate surface area is 134 Å². The van der Waals surface area contributed by atoms with Crippen molar-refractivity contribution in [3.8, 4) is 0 Å². The Bertz CT molecular complexity index is 696. The Morgan fingerprint density at radius 3 is 1.91 bits per heavy atom. The molecule has 0 bridgehead atoms. The molecule has 1 nitrogen and oxygen atoms in total. The fourth-order valence-electron chi connectivity index (χ4n) is 2.30. The van der Waals surface area contributed by atoms with Crippen molar-refractivity contribution >= 4 is 11.6 Å². The van der Waals surface area contributed by atoms with Crippen LogP contribution < -0.4 is 0 Å². The Balaban J connectivity index is 2.77. The summed E-state index contributed by atoms with van der Waals surface area (Å²) in [5, 5.41) is 10.7. The smallest absolute Gasteiger partial charge is 0.374 e. The van der Waals surface area contributed by atoms with Crippen molar-refractivity contribution in [3.63, 3.8) is 0 Å². The fraction of sp³-hybridized carbons (Fsp3) is 0.250. The van der Waals surface area contributed by atoms with Crippen molar-refractivity contribution in [1.29, 1.82) is 0 Å². The van der Waals surface area contributed by atoms with Gasteiger partial charge in [0.1, 0.15) is 0 Å². The SMILES string of the molecule is Cc1cccc(C(O)(c2ccc(Cl)cc2)C(F)(F)C(F)(F)F)c1.